The third-order valence-corrected chi connectivity index (χ3v) is 7.48. The van der Waals surface area contributed by atoms with E-state index in [4.69, 9.17) is 0 Å². The van der Waals surface area contributed by atoms with Gasteiger partial charge in [-0.1, -0.05) is 48.5 Å². The van der Waals surface area contributed by atoms with Crippen molar-refractivity contribution in [1.82, 2.24) is 9.80 Å². The van der Waals surface area contributed by atoms with Crippen molar-refractivity contribution < 1.29 is 13.2 Å². The van der Waals surface area contributed by atoms with E-state index in [0.29, 0.717) is 26.2 Å². The van der Waals surface area contributed by atoms with E-state index in [1.165, 1.54) is 0 Å². The van der Waals surface area contributed by atoms with Gasteiger partial charge in [0.25, 0.3) is 0 Å². The van der Waals surface area contributed by atoms with Gasteiger partial charge in [-0.2, -0.15) is 0 Å². The molecule has 7 heteroatoms. The maximum absolute atomic E-state index is 13.7. The van der Waals surface area contributed by atoms with Crippen LogP contribution in [0.5, 0.6) is 0 Å². The summed E-state index contributed by atoms with van der Waals surface area (Å²) < 4.78 is 23.8. The molecule has 2 aromatic carbocycles. The fourth-order valence-electron chi connectivity index (χ4n) is 4.18. The van der Waals surface area contributed by atoms with Gasteiger partial charge in [0.1, 0.15) is 6.04 Å². The van der Waals surface area contributed by atoms with Crippen LogP contribution < -0.4 is 4.90 Å². The zero-order valence-corrected chi connectivity index (χ0v) is 17.5. The highest BCUT2D eigenvalue weighted by molar-refractivity contribution is 7.91. The molecule has 1 fully saturated rings. The first kappa shape index (κ1) is 19.9. The molecular formula is C22H27N3O3S. The number of amides is 1. The second-order valence-corrected chi connectivity index (χ2v) is 10.1. The molecule has 0 spiro atoms. The zero-order valence-electron chi connectivity index (χ0n) is 16.7. The summed E-state index contributed by atoms with van der Waals surface area (Å²) in [4.78, 5) is 19.9. The first-order chi connectivity index (χ1) is 13.9. The first-order valence-electron chi connectivity index (χ1n) is 10.0. The molecule has 0 aliphatic carbocycles. The van der Waals surface area contributed by atoms with Gasteiger partial charge in [0.05, 0.1) is 11.5 Å². The van der Waals surface area contributed by atoms with Gasteiger partial charge in [-0.25, -0.2) is 8.42 Å². The van der Waals surface area contributed by atoms with E-state index < -0.39 is 15.9 Å². The predicted molar refractivity (Wildman–Crippen MR) is 115 cm³/mol. The summed E-state index contributed by atoms with van der Waals surface area (Å²) in [6.45, 7) is 2.74. The zero-order chi connectivity index (χ0) is 20.4. The Hall–Kier alpha value is -2.38. The Kier molecular flexibility index (Phi) is 5.61. The van der Waals surface area contributed by atoms with Gasteiger partial charge in [0.15, 0.2) is 9.84 Å². The second kappa shape index (κ2) is 8.16. The average molecular weight is 414 g/mol. The van der Waals surface area contributed by atoms with Crippen molar-refractivity contribution in [3.63, 3.8) is 0 Å². The van der Waals surface area contributed by atoms with Crippen molar-refractivity contribution in [1.29, 1.82) is 0 Å². The number of sulfone groups is 1. The number of para-hydroxylation sites is 1. The molecule has 1 unspecified atom stereocenters. The summed E-state index contributed by atoms with van der Waals surface area (Å²) in [6.07, 6.45) is 0. The highest BCUT2D eigenvalue weighted by Crippen LogP contribution is 2.29. The summed E-state index contributed by atoms with van der Waals surface area (Å²) >= 11 is 0. The molecule has 2 aromatic rings. The lowest BCUT2D eigenvalue weighted by Crippen LogP contribution is -2.49. The molecule has 0 bridgehead atoms. The van der Waals surface area contributed by atoms with Crippen LogP contribution in [-0.4, -0.2) is 68.9 Å². The third-order valence-electron chi connectivity index (χ3n) is 5.87. The van der Waals surface area contributed by atoms with Gasteiger partial charge in [-0.3, -0.25) is 9.69 Å². The number of fused-ring (bicyclic) bond motifs is 1. The van der Waals surface area contributed by atoms with E-state index in [1.54, 1.807) is 0 Å². The Bertz CT molecular complexity index is 964. The van der Waals surface area contributed by atoms with E-state index in [1.807, 2.05) is 52.3 Å². The topological polar surface area (TPSA) is 60.9 Å². The minimum atomic E-state index is -3.01. The van der Waals surface area contributed by atoms with Gasteiger partial charge in [0.2, 0.25) is 5.91 Å². The monoisotopic (exact) mass is 413 g/mol. The first-order valence-corrected chi connectivity index (χ1v) is 11.8. The Morgan fingerprint density at radius 1 is 0.897 bits per heavy atom. The normalized spacial score (nSPS) is 20.6. The summed E-state index contributed by atoms with van der Waals surface area (Å²) in [6, 6.07) is 17.5. The lowest BCUT2D eigenvalue weighted by Gasteiger charge is -2.36. The lowest BCUT2D eigenvalue weighted by atomic mass is 10.0. The second-order valence-electron chi connectivity index (χ2n) is 7.81. The molecule has 0 radical (unpaired) electrons. The van der Waals surface area contributed by atoms with Crippen LogP contribution in [0.1, 0.15) is 17.2 Å². The Labute approximate surface area is 172 Å². The van der Waals surface area contributed by atoms with Gasteiger partial charge in [-0.05, 0) is 17.2 Å². The van der Waals surface area contributed by atoms with Gasteiger partial charge >= 0.3 is 0 Å². The third kappa shape index (κ3) is 4.31. The summed E-state index contributed by atoms with van der Waals surface area (Å²) in [5.41, 5.74) is 3.21. The molecular weight excluding hydrogens is 386 g/mol. The summed E-state index contributed by atoms with van der Waals surface area (Å²) in [7, 11) is -0.956. The van der Waals surface area contributed by atoms with E-state index >= 15 is 0 Å². The van der Waals surface area contributed by atoms with Gasteiger partial charge in [0, 0.05) is 45.5 Å². The number of anilines is 1. The minimum absolute atomic E-state index is 0.0422. The number of carbonyl (C=O) groups excluding carboxylic acids is 1. The molecule has 154 valence electrons. The van der Waals surface area contributed by atoms with Crippen molar-refractivity contribution in [2.75, 3.05) is 49.6 Å². The minimum Gasteiger partial charge on any atom is -0.373 e. The van der Waals surface area contributed by atoms with Crippen molar-refractivity contribution in [3.05, 3.63) is 65.7 Å². The summed E-state index contributed by atoms with van der Waals surface area (Å²) in [5.74, 6) is 0.255. The van der Waals surface area contributed by atoms with Crippen LogP contribution in [0.2, 0.25) is 0 Å². The number of carbonyl (C=O) groups is 1. The molecule has 0 N–H and O–H groups in total. The number of nitrogens with zero attached hydrogens (tertiary/aromatic N) is 3. The number of hydrogen-bond donors (Lipinski definition) is 0. The van der Waals surface area contributed by atoms with Crippen LogP contribution in [0.25, 0.3) is 0 Å². The molecule has 29 heavy (non-hydrogen) atoms. The smallest absolute Gasteiger partial charge is 0.244 e. The summed E-state index contributed by atoms with van der Waals surface area (Å²) in [5, 5.41) is 0. The van der Waals surface area contributed by atoms with Crippen LogP contribution in [0.15, 0.2) is 54.6 Å². The quantitative estimate of drug-likeness (QED) is 0.770. The van der Waals surface area contributed by atoms with E-state index in [2.05, 4.69) is 24.1 Å². The molecule has 0 saturated carbocycles. The van der Waals surface area contributed by atoms with Crippen molar-refractivity contribution in [2.45, 2.75) is 12.6 Å². The maximum Gasteiger partial charge on any atom is 0.244 e. The Morgan fingerprint density at radius 3 is 2.28 bits per heavy atom. The molecule has 2 aliphatic heterocycles. The van der Waals surface area contributed by atoms with E-state index in [0.717, 1.165) is 23.4 Å². The molecule has 1 saturated heterocycles. The van der Waals surface area contributed by atoms with Crippen LogP contribution in [0.4, 0.5) is 5.69 Å². The number of rotatable bonds is 3. The average Bonchev–Trinajstić information content (AvgIpc) is 2.89. The van der Waals surface area contributed by atoms with Crippen LogP contribution in [-0.2, 0) is 21.2 Å². The van der Waals surface area contributed by atoms with Crippen LogP contribution >= 0.6 is 0 Å². The maximum atomic E-state index is 13.7. The van der Waals surface area contributed by atoms with Crippen LogP contribution in [0.3, 0.4) is 0 Å². The van der Waals surface area contributed by atoms with Gasteiger partial charge in [-0.15, -0.1) is 0 Å². The molecule has 1 amide bonds. The number of likely N-dealkylation sites (N-methyl/N-ethyl adjacent to an activating group) is 1. The highest BCUT2D eigenvalue weighted by Gasteiger charge is 2.35. The van der Waals surface area contributed by atoms with E-state index in [-0.39, 0.29) is 17.4 Å². The largest absolute Gasteiger partial charge is 0.373 e. The Morgan fingerprint density at radius 2 is 1.55 bits per heavy atom. The standard InChI is InChI=1S/C22H27N3O3S/c1-23-11-12-25(17-19-9-5-6-10-20(19)23)22(26)21(18-7-3-2-4-8-18)24-13-15-29(27,28)16-14-24/h2-10,21H,11-17H2,1H3. The number of hydrogen-bond acceptors (Lipinski definition) is 5. The SMILES string of the molecule is CN1CCN(C(=O)C(c2ccccc2)N2CCS(=O)(=O)CC2)Cc2ccccc21. The fraction of sp³-hybridized carbons (Fsp3) is 0.409. The van der Waals surface area contributed by atoms with Crippen molar-refractivity contribution in [2.24, 2.45) is 0 Å². The molecule has 1 atom stereocenters. The number of benzene rings is 2. The molecule has 2 aliphatic rings. The fourth-order valence-corrected chi connectivity index (χ4v) is 5.41. The van der Waals surface area contributed by atoms with E-state index in [9.17, 15) is 13.2 Å². The molecule has 2 heterocycles. The molecule has 4 rings (SSSR count). The lowest BCUT2D eigenvalue weighted by molar-refractivity contribution is -0.137. The Balaban J connectivity index is 1.63. The molecule has 6 nitrogen and oxygen atoms in total. The molecule has 0 aromatic heterocycles. The highest BCUT2D eigenvalue weighted by atomic mass is 32.2. The predicted octanol–water partition coefficient (Wildman–Crippen LogP) is 1.94. The van der Waals surface area contributed by atoms with Crippen molar-refractivity contribution in [3.8, 4) is 0 Å². The van der Waals surface area contributed by atoms with Crippen molar-refractivity contribution >= 4 is 21.4 Å². The van der Waals surface area contributed by atoms with Gasteiger partial charge < -0.3 is 9.80 Å². The van der Waals surface area contributed by atoms with Crippen LogP contribution in [0, 0.1) is 0 Å².